The molecular formula is C17H19BrN2O3. The molecule has 0 aliphatic heterocycles. The molecule has 0 fully saturated rings. The lowest BCUT2D eigenvalue weighted by Crippen LogP contribution is -2.22. The molecule has 0 aromatic heterocycles. The lowest BCUT2D eigenvalue weighted by Gasteiger charge is -2.12. The molecule has 0 saturated carbocycles. The molecule has 122 valence electrons. The Morgan fingerprint density at radius 3 is 2.48 bits per heavy atom. The lowest BCUT2D eigenvalue weighted by molar-refractivity contribution is -0.114. The summed E-state index contributed by atoms with van der Waals surface area (Å²) in [6, 6.07) is 11.2. The van der Waals surface area contributed by atoms with Crippen LogP contribution in [-0.2, 0) is 4.79 Å². The van der Waals surface area contributed by atoms with Gasteiger partial charge in [-0.2, -0.15) is 0 Å². The number of halogens is 1. The summed E-state index contributed by atoms with van der Waals surface area (Å²) >= 11 is 3.44. The molecule has 6 heteroatoms. The van der Waals surface area contributed by atoms with Crippen LogP contribution in [0.4, 0.5) is 11.4 Å². The fraction of sp³-hybridized carbons (Fsp3) is 0.235. The number of benzene rings is 2. The molecule has 5 nitrogen and oxygen atoms in total. The van der Waals surface area contributed by atoms with E-state index >= 15 is 0 Å². The minimum absolute atomic E-state index is 0.135. The van der Waals surface area contributed by atoms with E-state index in [2.05, 4.69) is 26.6 Å². The van der Waals surface area contributed by atoms with Gasteiger partial charge < -0.3 is 20.1 Å². The van der Waals surface area contributed by atoms with Crippen LogP contribution in [0.15, 0.2) is 40.9 Å². The van der Waals surface area contributed by atoms with Gasteiger partial charge in [0, 0.05) is 16.2 Å². The van der Waals surface area contributed by atoms with Crippen molar-refractivity contribution in [3.05, 3.63) is 46.4 Å². The summed E-state index contributed by atoms with van der Waals surface area (Å²) in [5.41, 5.74) is 2.65. The van der Waals surface area contributed by atoms with E-state index in [-0.39, 0.29) is 12.5 Å². The normalized spacial score (nSPS) is 10.1. The molecule has 0 unspecified atom stereocenters. The van der Waals surface area contributed by atoms with E-state index in [1.807, 2.05) is 31.2 Å². The number of methoxy groups -OCH3 is 2. The van der Waals surface area contributed by atoms with Crippen LogP contribution in [0.1, 0.15) is 5.56 Å². The number of hydrogen-bond donors (Lipinski definition) is 2. The summed E-state index contributed by atoms with van der Waals surface area (Å²) in [6.45, 7) is 2.14. The van der Waals surface area contributed by atoms with E-state index < -0.39 is 0 Å². The van der Waals surface area contributed by atoms with Crippen LogP contribution >= 0.6 is 15.9 Å². The first-order chi connectivity index (χ1) is 11.0. The summed E-state index contributed by atoms with van der Waals surface area (Å²) in [5, 5.41) is 5.91. The van der Waals surface area contributed by atoms with Gasteiger partial charge in [0.2, 0.25) is 5.91 Å². The summed E-state index contributed by atoms with van der Waals surface area (Å²) in [6.07, 6.45) is 0. The highest BCUT2D eigenvalue weighted by molar-refractivity contribution is 9.10. The van der Waals surface area contributed by atoms with Gasteiger partial charge in [0.25, 0.3) is 0 Å². The van der Waals surface area contributed by atoms with E-state index in [9.17, 15) is 4.79 Å². The zero-order valence-electron chi connectivity index (χ0n) is 13.3. The zero-order chi connectivity index (χ0) is 16.8. The Labute approximate surface area is 144 Å². The molecule has 2 N–H and O–H groups in total. The highest BCUT2D eigenvalue weighted by atomic mass is 79.9. The number of aryl methyl sites for hydroxylation is 1. The minimum Gasteiger partial charge on any atom is -0.493 e. The summed E-state index contributed by atoms with van der Waals surface area (Å²) in [5.74, 6) is 1.12. The molecule has 0 spiro atoms. The monoisotopic (exact) mass is 378 g/mol. The highest BCUT2D eigenvalue weighted by Gasteiger charge is 2.08. The van der Waals surface area contributed by atoms with Crippen molar-refractivity contribution in [2.45, 2.75) is 6.92 Å². The molecule has 0 heterocycles. The molecule has 1 amide bonds. The summed E-state index contributed by atoms with van der Waals surface area (Å²) in [7, 11) is 3.15. The van der Waals surface area contributed by atoms with Crippen molar-refractivity contribution in [2.75, 3.05) is 31.4 Å². The largest absolute Gasteiger partial charge is 0.493 e. The molecule has 0 bridgehead atoms. The fourth-order valence-corrected chi connectivity index (χ4v) is 2.64. The van der Waals surface area contributed by atoms with Crippen LogP contribution in [-0.4, -0.2) is 26.7 Å². The molecule has 2 aromatic carbocycles. The van der Waals surface area contributed by atoms with Gasteiger partial charge >= 0.3 is 0 Å². The van der Waals surface area contributed by atoms with Gasteiger partial charge in [-0.3, -0.25) is 4.79 Å². The SMILES string of the molecule is COc1ccc(NCC(=O)Nc2ccc(C)cc2Br)cc1OC. The molecular weight excluding hydrogens is 360 g/mol. The van der Waals surface area contributed by atoms with Crippen LogP contribution in [0.3, 0.4) is 0 Å². The Bertz CT molecular complexity index is 704. The second kappa shape index (κ2) is 7.87. The van der Waals surface area contributed by atoms with E-state index in [0.29, 0.717) is 11.5 Å². The maximum atomic E-state index is 12.1. The standard InChI is InChI=1S/C17H19BrN2O3/c1-11-4-6-14(13(18)8-11)20-17(21)10-19-12-5-7-15(22-2)16(9-12)23-3/h4-9,19H,10H2,1-3H3,(H,20,21). The van der Waals surface area contributed by atoms with Crippen molar-refractivity contribution >= 4 is 33.2 Å². The predicted octanol–water partition coefficient (Wildman–Crippen LogP) is 3.83. The average molecular weight is 379 g/mol. The van der Waals surface area contributed by atoms with Crippen LogP contribution < -0.4 is 20.1 Å². The lowest BCUT2D eigenvalue weighted by atomic mass is 10.2. The van der Waals surface area contributed by atoms with Gasteiger partial charge in [0.05, 0.1) is 26.5 Å². The number of ether oxygens (including phenoxy) is 2. The van der Waals surface area contributed by atoms with Crippen molar-refractivity contribution in [1.82, 2.24) is 0 Å². The maximum Gasteiger partial charge on any atom is 0.243 e. The van der Waals surface area contributed by atoms with E-state index in [4.69, 9.17) is 9.47 Å². The Hall–Kier alpha value is -2.21. The van der Waals surface area contributed by atoms with Gasteiger partial charge in [-0.1, -0.05) is 6.07 Å². The summed E-state index contributed by atoms with van der Waals surface area (Å²) in [4.78, 5) is 12.1. The maximum absolute atomic E-state index is 12.1. The molecule has 0 atom stereocenters. The first kappa shape index (κ1) is 17.1. The number of carbonyl (C=O) groups is 1. The first-order valence-corrected chi connectivity index (χ1v) is 7.84. The molecule has 0 saturated heterocycles. The molecule has 23 heavy (non-hydrogen) atoms. The molecule has 0 aliphatic carbocycles. The second-order valence-corrected chi connectivity index (χ2v) is 5.81. The predicted molar refractivity (Wildman–Crippen MR) is 95.5 cm³/mol. The van der Waals surface area contributed by atoms with Crippen LogP contribution in [0, 0.1) is 6.92 Å². The zero-order valence-corrected chi connectivity index (χ0v) is 14.9. The molecule has 2 aromatic rings. The van der Waals surface area contributed by atoms with Gasteiger partial charge in [0.1, 0.15) is 0 Å². The van der Waals surface area contributed by atoms with Gasteiger partial charge in [0.15, 0.2) is 11.5 Å². The Balaban J connectivity index is 1.96. The first-order valence-electron chi connectivity index (χ1n) is 7.05. The third kappa shape index (κ3) is 4.63. The minimum atomic E-state index is -0.135. The Morgan fingerprint density at radius 2 is 1.83 bits per heavy atom. The van der Waals surface area contributed by atoms with Gasteiger partial charge in [-0.05, 0) is 52.7 Å². The topological polar surface area (TPSA) is 59.6 Å². The molecule has 0 radical (unpaired) electrons. The van der Waals surface area contributed by atoms with Crippen molar-refractivity contribution in [3.63, 3.8) is 0 Å². The number of anilines is 2. The van der Waals surface area contributed by atoms with Crippen molar-refractivity contribution in [2.24, 2.45) is 0 Å². The van der Waals surface area contributed by atoms with E-state index in [1.165, 1.54) is 0 Å². The average Bonchev–Trinajstić information content (AvgIpc) is 2.55. The number of nitrogens with one attached hydrogen (secondary N) is 2. The van der Waals surface area contributed by atoms with Crippen molar-refractivity contribution in [1.29, 1.82) is 0 Å². The second-order valence-electron chi connectivity index (χ2n) is 4.95. The van der Waals surface area contributed by atoms with Crippen LogP contribution in [0.25, 0.3) is 0 Å². The van der Waals surface area contributed by atoms with Gasteiger partial charge in [-0.15, -0.1) is 0 Å². The number of rotatable bonds is 6. The smallest absolute Gasteiger partial charge is 0.243 e. The highest BCUT2D eigenvalue weighted by Crippen LogP contribution is 2.29. The Morgan fingerprint density at radius 1 is 1.09 bits per heavy atom. The summed E-state index contributed by atoms with van der Waals surface area (Å²) < 4.78 is 11.3. The third-order valence-electron chi connectivity index (χ3n) is 3.24. The molecule has 2 rings (SSSR count). The Kier molecular flexibility index (Phi) is 5.87. The van der Waals surface area contributed by atoms with Crippen molar-refractivity contribution in [3.8, 4) is 11.5 Å². The third-order valence-corrected chi connectivity index (χ3v) is 3.89. The van der Waals surface area contributed by atoms with Gasteiger partial charge in [-0.25, -0.2) is 0 Å². The van der Waals surface area contributed by atoms with Crippen LogP contribution in [0.5, 0.6) is 11.5 Å². The number of carbonyl (C=O) groups excluding carboxylic acids is 1. The quantitative estimate of drug-likeness (QED) is 0.801. The van der Waals surface area contributed by atoms with E-state index in [0.717, 1.165) is 21.4 Å². The number of hydrogen-bond acceptors (Lipinski definition) is 4. The number of amides is 1. The van der Waals surface area contributed by atoms with E-state index in [1.54, 1.807) is 26.4 Å². The van der Waals surface area contributed by atoms with Crippen molar-refractivity contribution < 1.29 is 14.3 Å². The fourth-order valence-electron chi connectivity index (χ4n) is 2.04. The van der Waals surface area contributed by atoms with Crippen LogP contribution in [0.2, 0.25) is 0 Å². The molecule has 0 aliphatic rings.